The fourth-order valence-corrected chi connectivity index (χ4v) is 3.29. The van der Waals surface area contributed by atoms with Crippen LogP contribution in [-0.4, -0.2) is 12.6 Å². The Morgan fingerprint density at radius 1 is 1.27 bits per heavy atom. The molecule has 0 aromatic carbocycles. The predicted molar refractivity (Wildman–Crippen MR) is 65.9 cm³/mol. The van der Waals surface area contributed by atoms with Gasteiger partial charge in [-0.05, 0) is 49.4 Å². The maximum absolute atomic E-state index is 3.84. The normalized spacial score (nSPS) is 33.6. The third-order valence-corrected chi connectivity index (χ3v) is 4.40. The van der Waals surface area contributed by atoms with E-state index in [0.717, 1.165) is 17.9 Å². The van der Waals surface area contributed by atoms with Crippen molar-refractivity contribution in [2.45, 2.75) is 65.3 Å². The van der Waals surface area contributed by atoms with Gasteiger partial charge < -0.3 is 5.32 Å². The molecule has 0 aromatic heterocycles. The van der Waals surface area contributed by atoms with Gasteiger partial charge in [-0.2, -0.15) is 0 Å². The van der Waals surface area contributed by atoms with Crippen molar-refractivity contribution >= 4 is 0 Å². The highest BCUT2D eigenvalue weighted by Gasteiger charge is 2.43. The third-order valence-electron chi connectivity index (χ3n) is 4.40. The molecule has 2 fully saturated rings. The topological polar surface area (TPSA) is 12.0 Å². The van der Waals surface area contributed by atoms with Gasteiger partial charge in [0.05, 0.1) is 0 Å². The largest absolute Gasteiger partial charge is 0.313 e. The number of hydrogen-bond donors (Lipinski definition) is 1. The molecule has 2 rings (SSSR count). The molecule has 2 saturated carbocycles. The van der Waals surface area contributed by atoms with Gasteiger partial charge in [0, 0.05) is 12.6 Å². The van der Waals surface area contributed by atoms with E-state index in [9.17, 15) is 0 Å². The molecule has 1 N–H and O–H groups in total. The molecule has 0 radical (unpaired) electrons. The summed E-state index contributed by atoms with van der Waals surface area (Å²) in [4.78, 5) is 0. The SMILES string of the molecule is CC(C)CC1(CNC2CCCC2C)CC1. The summed E-state index contributed by atoms with van der Waals surface area (Å²) in [6.45, 7) is 8.42. The Morgan fingerprint density at radius 2 is 2.00 bits per heavy atom. The van der Waals surface area contributed by atoms with Gasteiger partial charge in [-0.15, -0.1) is 0 Å². The van der Waals surface area contributed by atoms with Crippen molar-refractivity contribution in [3.63, 3.8) is 0 Å². The average molecular weight is 209 g/mol. The summed E-state index contributed by atoms with van der Waals surface area (Å²) in [6.07, 6.45) is 8.67. The van der Waals surface area contributed by atoms with Gasteiger partial charge in [0.2, 0.25) is 0 Å². The zero-order valence-electron chi connectivity index (χ0n) is 10.7. The Balaban J connectivity index is 1.73. The van der Waals surface area contributed by atoms with Gasteiger partial charge >= 0.3 is 0 Å². The Kier molecular flexibility index (Phi) is 3.39. The van der Waals surface area contributed by atoms with E-state index in [4.69, 9.17) is 0 Å². The van der Waals surface area contributed by atoms with E-state index in [1.165, 1.54) is 45.1 Å². The van der Waals surface area contributed by atoms with Gasteiger partial charge in [-0.1, -0.05) is 27.2 Å². The second-order valence-corrected chi connectivity index (χ2v) is 6.49. The van der Waals surface area contributed by atoms with E-state index in [-0.39, 0.29) is 0 Å². The average Bonchev–Trinajstić information content (AvgIpc) is 2.78. The van der Waals surface area contributed by atoms with Crippen LogP contribution < -0.4 is 5.32 Å². The molecule has 1 nitrogen and oxygen atoms in total. The maximum atomic E-state index is 3.84. The first-order valence-electron chi connectivity index (χ1n) is 6.85. The van der Waals surface area contributed by atoms with Crippen LogP contribution in [-0.2, 0) is 0 Å². The second kappa shape index (κ2) is 4.45. The van der Waals surface area contributed by atoms with Crippen molar-refractivity contribution in [2.75, 3.05) is 6.54 Å². The highest BCUT2D eigenvalue weighted by Crippen LogP contribution is 2.50. The highest BCUT2D eigenvalue weighted by atomic mass is 14.9. The van der Waals surface area contributed by atoms with E-state index < -0.39 is 0 Å². The van der Waals surface area contributed by atoms with Gasteiger partial charge in [0.1, 0.15) is 0 Å². The van der Waals surface area contributed by atoms with Crippen LogP contribution in [0.1, 0.15) is 59.3 Å². The molecule has 2 aliphatic carbocycles. The fraction of sp³-hybridized carbons (Fsp3) is 1.00. The molecule has 88 valence electrons. The standard InChI is InChI=1S/C14H27N/c1-11(2)9-14(7-8-14)10-15-13-6-4-5-12(13)3/h11-13,15H,4-10H2,1-3H3. The Bertz CT molecular complexity index is 205. The van der Waals surface area contributed by atoms with Crippen LogP contribution in [0.5, 0.6) is 0 Å². The summed E-state index contributed by atoms with van der Waals surface area (Å²) in [5.41, 5.74) is 0.705. The van der Waals surface area contributed by atoms with Crippen molar-refractivity contribution in [3.05, 3.63) is 0 Å². The Labute approximate surface area is 95.0 Å². The minimum absolute atomic E-state index is 0.705. The molecule has 0 aromatic rings. The number of nitrogens with one attached hydrogen (secondary N) is 1. The zero-order chi connectivity index (χ0) is 10.9. The molecule has 0 heterocycles. The molecule has 0 spiro atoms. The first-order chi connectivity index (χ1) is 7.11. The minimum atomic E-state index is 0.705. The minimum Gasteiger partial charge on any atom is -0.313 e. The molecule has 0 aliphatic heterocycles. The van der Waals surface area contributed by atoms with Gasteiger partial charge in [0.15, 0.2) is 0 Å². The lowest BCUT2D eigenvalue weighted by molar-refractivity contribution is 0.326. The molecule has 2 unspecified atom stereocenters. The molecule has 0 bridgehead atoms. The van der Waals surface area contributed by atoms with Crippen molar-refractivity contribution in [2.24, 2.45) is 17.3 Å². The molecule has 1 heteroatoms. The molecular formula is C14H27N. The lowest BCUT2D eigenvalue weighted by Crippen LogP contribution is -2.36. The molecule has 15 heavy (non-hydrogen) atoms. The zero-order valence-corrected chi connectivity index (χ0v) is 10.7. The summed E-state index contributed by atoms with van der Waals surface area (Å²) in [5.74, 6) is 1.79. The van der Waals surface area contributed by atoms with Crippen molar-refractivity contribution < 1.29 is 0 Å². The monoisotopic (exact) mass is 209 g/mol. The van der Waals surface area contributed by atoms with E-state index in [2.05, 4.69) is 26.1 Å². The highest BCUT2D eigenvalue weighted by molar-refractivity contribution is 4.96. The van der Waals surface area contributed by atoms with Crippen LogP contribution in [0.2, 0.25) is 0 Å². The summed E-state index contributed by atoms with van der Waals surface area (Å²) in [5, 5.41) is 3.84. The Morgan fingerprint density at radius 3 is 2.47 bits per heavy atom. The van der Waals surface area contributed by atoms with Crippen LogP contribution in [0.25, 0.3) is 0 Å². The fourth-order valence-electron chi connectivity index (χ4n) is 3.29. The van der Waals surface area contributed by atoms with Crippen LogP contribution >= 0.6 is 0 Å². The van der Waals surface area contributed by atoms with Crippen LogP contribution in [0.3, 0.4) is 0 Å². The van der Waals surface area contributed by atoms with Crippen molar-refractivity contribution in [3.8, 4) is 0 Å². The van der Waals surface area contributed by atoms with E-state index in [1.807, 2.05) is 0 Å². The van der Waals surface area contributed by atoms with Gasteiger partial charge in [-0.25, -0.2) is 0 Å². The Hall–Kier alpha value is -0.0400. The summed E-state index contributed by atoms with van der Waals surface area (Å²) >= 11 is 0. The first kappa shape index (κ1) is 11.4. The quantitative estimate of drug-likeness (QED) is 0.729. The maximum Gasteiger partial charge on any atom is 0.00929 e. The van der Waals surface area contributed by atoms with E-state index >= 15 is 0 Å². The van der Waals surface area contributed by atoms with E-state index in [0.29, 0.717) is 5.41 Å². The van der Waals surface area contributed by atoms with Gasteiger partial charge in [0.25, 0.3) is 0 Å². The van der Waals surface area contributed by atoms with Crippen molar-refractivity contribution in [1.82, 2.24) is 5.32 Å². The predicted octanol–water partition coefficient (Wildman–Crippen LogP) is 3.59. The second-order valence-electron chi connectivity index (χ2n) is 6.49. The number of rotatable bonds is 5. The molecule has 0 saturated heterocycles. The lowest BCUT2D eigenvalue weighted by Gasteiger charge is -2.23. The summed E-state index contributed by atoms with van der Waals surface area (Å²) in [6, 6.07) is 0.828. The van der Waals surface area contributed by atoms with Crippen LogP contribution in [0.15, 0.2) is 0 Å². The summed E-state index contributed by atoms with van der Waals surface area (Å²) in [7, 11) is 0. The van der Waals surface area contributed by atoms with Crippen molar-refractivity contribution in [1.29, 1.82) is 0 Å². The summed E-state index contributed by atoms with van der Waals surface area (Å²) < 4.78 is 0. The van der Waals surface area contributed by atoms with Crippen LogP contribution in [0, 0.1) is 17.3 Å². The first-order valence-corrected chi connectivity index (χ1v) is 6.85. The van der Waals surface area contributed by atoms with Crippen LogP contribution in [0.4, 0.5) is 0 Å². The molecule has 2 aliphatic rings. The molecule has 0 amide bonds. The van der Waals surface area contributed by atoms with Gasteiger partial charge in [-0.3, -0.25) is 0 Å². The molecular weight excluding hydrogens is 182 g/mol. The molecule has 2 atom stereocenters. The third kappa shape index (κ3) is 2.96. The lowest BCUT2D eigenvalue weighted by atomic mass is 9.93. The van der Waals surface area contributed by atoms with E-state index in [1.54, 1.807) is 0 Å². The smallest absolute Gasteiger partial charge is 0.00929 e. The number of hydrogen-bond acceptors (Lipinski definition) is 1.